The molecule has 2 aliphatic rings. The zero-order valence-electron chi connectivity index (χ0n) is 24.6. The molecule has 9 nitrogen and oxygen atoms in total. The fraction of sp³-hybridized carbons (Fsp3) is 0.382. The maximum absolute atomic E-state index is 12.9. The van der Waals surface area contributed by atoms with Gasteiger partial charge in [0.15, 0.2) is 6.29 Å². The Morgan fingerprint density at radius 1 is 1.02 bits per heavy atom. The lowest BCUT2D eigenvalue weighted by atomic mass is 9.90. The molecule has 0 radical (unpaired) electrons. The fourth-order valence-electron chi connectivity index (χ4n) is 6.06. The average molecular weight is 583 g/mol. The van der Waals surface area contributed by atoms with Crippen LogP contribution in [0.3, 0.4) is 0 Å². The number of likely N-dealkylation sites (tertiary alicyclic amines) is 1. The van der Waals surface area contributed by atoms with Crippen LogP contribution in [0.5, 0.6) is 0 Å². The van der Waals surface area contributed by atoms with E-state index in [4.69, 9.17) is 14.2 Å². The van der Waals surface area contributed by atoms with E-state index >= 15 is 0 Å². The molecule has 2 saturated heterocycles. The lowest BCUT2D eigenvalue weighted by Gasteiger charge is -2.43. The lowest BCUT2D eigenvalue weighted by molar-refractivity contribution is -0.276. The van der Waals surface area contributed by atoms with Gasteiger partial charge in [0.25, 0.3) is 5.91 Å². The highest BCUT2D eigenvalue weighted by molar-refractivity contribution is 6.03. The minimum absolute atomic E-state index is 0.00188. The van der Waals surface area contributed by atoms with Gasteiger partial charge in [-0.25, -0.2) is 4.98 Å². The van der Waals surface area contributed by atoms with Gasteiger partial charge in [0.1, 0.15) is 5.69 Å². The van der Waals surface area contributed by atoms with Gasteiger partial charge in [-0.1, -0.05) is 55.5 Å². The van der Waals surface area contributed by atoms with Crippen molar-refractivity contribution in [2.45, 2.75) is 50.9 Å². The molecule has 5 unspecified atom stereocenters. The molecular weight excluding hydrogens is 544 g/mol. The lowest BCUT2D eigenvalue weighted by Crippen LogP contribution is -2.46. The normalized spacial score (nSPS) is 24.3. The van der Waals surface area contributed by atoms with Crippen molar-refractivity contribution < 1.29 is 24.1 Å². The monoisotopic (exact) mass is 582 g/mol. The van der Waals surface area contributed by atoms with Gasteiger partial charge in [-0.3, -0.25) is 14.7 Å². The Hall–Kier alpha value is -3.73. The number of benzene rings is 3. The third kappa shape index (κ3) is 6.61. The van der Waals surface area contributed by atoms with Crippen LogP contribution in [0.15, 0.2) is 79.0 Å². The molecule has 2 aliphatic heterocycles. The van der Waals surface area contributed by atoms with E-state index in [1.165, 1.54) is 6.20 Å². The van der Waals surface area contributed by atoms with E-state index in [0.717, 1.165) is 48.1 Å². The van der Waals surface area contributed by atoms with E-state index in [0.29, 0.717) is 23.9 Å². The molecule has 0 saturated carbocycles. The molecule has 1 amide bonds. The Kier molecular flexibility index (Phi) is 9.06. The van der Waals surface area contributed by atoms with E-state index < -0.39 is 6.29 Å². The van der Waals surface area contributed by atoms with E-state index in [-0.39, 0.29) is 36.3 Å². The molecule has 3 aromatic carbocycles. The van der Waals surface area contributed by atoms with E-state index in [1.807, 2.05) is 72.8 Å². The molecule has 0 spiro atoms. The Morgan fingerprint density at radius 3 is 2.51 bits per heavy atom. The van der Waals surface area contributed by atoms with Gasteiger partial charge in [-0.05, 0) is 54.8 Å². The van der Waals surface area contributed by atoms with Crippen molar-refractivity contribution >= 4 is 22.6 Å². The predicted octanol–water partition coefficient (Wildman–Crippen LogP) is 5.28. The van der Waals surface area contributed by atoms with Crippen LogP contribution >= 0.6 is 0 Å². The number of rotatable bonds is 9. The highest BCUT2D eigenvalue weighted by Crippen LogP contribution is 2.42. The van der Waals surface area contributed by atoms with Crippen molar-refractivity contribution in [2.24, 2.45) is 5.92 Å². The highest BCUT2D eigenvalue weighted by atomic mass is 16.7. The summed E-state index contributed by atoms with van der Waals surface area (Å²) >= 11 is 0. The Morgan fingerprint density at radius 2 is 1.77 bits per heavy atom. The summed E-state index contributed by atoms with van der Waals surface area (Å²) in [6.07, 6.45) is 2.93. The second-order valence-electron chi connectivity index (χ2n) is 11.4. The first-order chi connectivity index (χ1) is 21.0. The van der Waals surface area contributed by atoms with Gasteiger partial charge in [-0.2, -0.15) is 0 Å². The first-order valence-corrected chi connectivity index (χ1v) is 14.9. The first kappa shape index (κ1) is 29.3. The summed E-state index contributed by atoms with van der Waals surface area (Å²) in [5.41, 5.74) is 5.09. The molecule has 43 heavy (non-hydrogen) atoms. The van der Waals surface area contributed by atoms with Crippen LogP contribution < -0.4 is 5.32 Å². The number of nitrogens with zero attached hydrogens (tertiary/aromatic N) is 3. The Balaban J connectivity index is 1.20. The smallest absolute Gasteiger partial charge is 0.275 e. The van der Waals surface area contributed by atoms with Gasteiger partial charge in [0.05, 0.1) is 42.7 Å². The Labute approximate surface area is 251 Å². The fourth-order valence-corrected chi connectivity index (χ4v) is 6.06. The van der Waals surface area contributed by atoms with Gasteiger partial charge in [0.2, 0.25) is 0 Å². The zero-order chi connectivity index (χ0) is 29.8. The summed E-state index contributed by atoms with van der Waals surface area (Å²) < 4.78 is 18.8. The third-order valence-corrected chi connectivity index (χ3v) is 8.52. The molecule has 4 aromatic rings. The van der Waals surface area contributed by atoms with Crippen LogP contribution in [0.2, 0.25) is 0 Å². The van der Waals surface area contributed by atoms with Crippen LogP contribution in [-0.2, 0) is 20.8 Å². The van der Waals surface area contributed by atoms with Gasteiger partial charge in [-0.15, -0.1) is 0 Å². The number of fused-ring (bicyclic) bond motifs is 1. The SMILES string of the molecule is COCC1CCCN1CC1OC(c2ccc(NC(=O)c3cnc4ccccc4n3)cc2)OC(c2ccc(CO)cc2)C1C. The number of hydrogen-bond acceptors (Lipinski definition) is 8. The molecule has 5 atom stereocenters. The summed E-state index contributed by atoms with van der Waals surface area (Å²) in [5, 5.41) is 12.5. The third-order valence-electron chi connectivity index (χ3n) is 8.52. The van der Waals surface area contributed by atoms with Crippen LogP contribution in [0.1, 0.15) is 59.3 Å². The predicted molar refractivity (Wildman–Crippen MR) is 163 cm³/mol. The summed E-state index contributed by atoms with van der Waals surface area (Å²) in [7, 11) is 1.76. The number of carbonyl (C=O) groups excluding carboxylic acids is 1. The molecule has 2 fully saturated rings. The number of aliphatic hydroxyl groups is 1. The molecule has 1 aromatic heterocycles. The van der Waals surface area contributed by atoms with Crippen molar-refractivity contribution in [3.05, 3.63) is 101 Å². The Bertz CT molecular complexity index is 1530. The van der Waals surface area contributed by atoms with Crippen molar-refractivity contribution in [2.75, 3.05) is 32.1 Å². The van der Waals surface area contributed by atoms with Crippen LogP contribution in [0.4, 0.5) is 5.69 Å². The summed E-state index contributed by atoms with van der Waals surface area (Å²) in [6, 6.07) is 23.3. The van der Waals surface area contributed by atoms with Crippen molar-refractivity contribution in [1.29, 1.82) is 0 Å². The average Bonchev–Trinajstić information content (AvgIpc) is 3.48. The number of para-hydroxylation sites is 2. The van der Waals surface area contributed by atoms with E-state index in [2.05, 4.69) is 27.1 Å². The van der Waals surface area contributed by atoms with Crippen LogP contribution in [-0.4, -0.2) is 64.8 Å². The first-order valence-electron chi connectivity index (χ1n) is 14.9. The number of methoxy groups -OCH3 is 1. The second kappa shape index (κ2) is 13.3. The summed E-state index contributed by atoms with van der Waals surface area (Å²) in [5.74, 6) is -0.227. The topological polar surface area (TPSA) is 106 Å². The second-order valence-corrected chi connectivity index (χ2v) is 11.4. The highest BCUT2D eigenvalue weighted by Gasteiger charge is 2.40. The van der Waals surface area contributed by atoms with E-state index in [1.54, 1.807) is 7.11 Å². The quantitative estimate of drug-likeness (QED) is 0.275. The van der Waals surface area contributed by atoms with Gasteiger partial charge in [0, 0.05) is 36.9 Å². The minimum atomic E-state index is -0.580. The molecule has 3 heterocycles. The molecule has 6 rings (SSSR count). The number of nitrogens with one attached hydrogen (secondary N) is 1. The van der Waals surface area contributed by atoms with E-state index in [9.17, 15) is 9.90 Å². The number of aliphatic hydroxyl groups excluding tert-OH is 1. The van der Waals surface area contributed by atoms with Crippen molar-refractivity contribution in [3.8, 4) is 0 Å². The summed E-state index contributed by atoms with van der Waals surface area (Å²) in [6.45, 7) is 4.72. The molecule has 224 valence electrons. The molecule has 0 aliphatic carbocycles. The van der Waals surface area contributed by atoms with Gasteiger partial charge < -0.3 is 24.6 Å². The summed E-state index contributed by atoms with van der Waals surface area (Å²) in [4.78, 5) is 24.2. The number of hydrogen-bond donors (Lipinski definition) is 2. The minimum Gasteiger partial charge on any atom is -0.392 e. The largest absolute Gasteiger partial charge is 0.392 e. The van der Waals surface area contributed by atoms with Crippen molar-refractivity contribution in [3.63, 3.8) is 0 Å². The standard InChI is InChI=1S/C34H38N4O5/c1-22-31(19-38-17-5-6-27(38)21-41-2)42-34(43-32(22)24-11-9-23(20-39)10-12-24)25-13-15-26(16-14-25)36-33(40)30-18-35-28-7-3-4-8-29(28)37-30/h3-4,7-16,18,22,27,31-32,34,39H,5-6,17,19-21H2,1-2H3,(H,36,40). The zero-order valence-corrected chi connectivity index (χ0v) is 24.6. The molecule has 2 N–H and O–H groups in total. The number of ether oxygens (including phenoxy) is 3. The maximum atomic E-state index is 12.9. The van der Waals surface area contributed by atoms with Crippen LogP contribution in [0, 0.1) is 5.92 Å². The maximum Gasteiger partial charge on any atom is 0.275 e. The number of amides is 1. The van der Waals surface area contributed by atoms with Crippen molar-refractivity contribution in [1.82, 2.24) is 14.9 Å². The van der Waals surface area contributed by atoms with Gasteiger partial charge >= 0.3 is 0 Å². The number of aromatic nitrogens is 2. The molecule has 9 heteroatoms. The number of carbonyl (C=O) groups is 1. The van der Waals surface area contributed by atoms with Crippen LogP contribution in [0.25, 0.3) is 11.0 Å². The molecular formula is C34H38N4O5. The molecule has 0 bridgehead atoms. The number of anilines is 1.